The number of nitrogens with one attached hydrogen (secondary N) is 2. The summed E-state index contributed by atoms with van der Waals surface area (Å²) >= 11 is 11.7. The van der Waals surface area contributed by atoms with E-state index in [0.29, 0.717) is 11.5 Å². The number of hydrogen-bond donors (Lipinski definition) is 2. The third-order valence-corrected chi connectivity index (χ3v) is 5.34. The minimum absolute atomic E-state index is 0.0772. The Bertz CT molecular complexity index is 881. The minimum atomic E-state index is -4.11. The highest BCUT2D eigenvalue weighted by molar-refractivity contribution is 7.89. The van der Waals surface area contributed by atoms with Crippen LogP contribution >= 0.6 is 23.2 Å². The third kappa shape index (κ3) is 4.55. The highest BCUT2D eigenvalue weighted by Crippen LogP contribution is 2.28. The number of amides is 1. The second kappa shape index (κ2) is 7.92. The Morgan fingerprint density at radius 3 is 2.20 bits per heavy atom. The predicted molar refractivity (Wildman–Crippen MR) is 93.8 cm³/mol. The van der Waals surface area contributed by atoms with E-state index in [0.717, 1.165) is 0 Å². The highest BCUT2D eigenvalue weighted by Gasteiger charge is 2.21. The molecule has 0 heterocycles. The number of hydrogen-bond acceptors (Lipinski definition) is 5. The van der Waals surface area contributed by atoms with Gasteiger partial charge in [-0.2, -0.15) is 0 Å². The molecule has 7 nitrogen and oxygen atoms in total. The lowest BCUT2D eigenvalue weighted by atomic mass is 10.2. The number of hydrazine groups is 1. The SMILES string of the molecule is COc1cc(OC)cc(C(=O)NNS(=O)(=O)c2cccc(Cl)c2Cl)c1. The van der Waals surface area contributed by atoms with E-state index in [1.807, 2.05) is 4.83 Å². The lowest BCUT2D eigenvalue weighted by Gasteiger charge is -2.11. The summed E-state index contributed by atoms with van der Waals surface area (Å²) in [6.07, 6.45) is 0. The second-order valence-corrected chi connectivity index (χ2v) is 7.15. The molecule has 10 heteroatoms. The molecule has 134 valence electrons. The summed E-state index contributed by atoms with van der Waals surface area (Å²) in [5, 5.41) is -0.0673. The molecule has 2 aromatic rings. The molecule has 2 aromatic carbocycles. The Kier molecular flexibility index (Phi) is 6.12. The second-order valence-electron chi connectivity index (χ2n) is 4.71. The van der Waals surface area contributed by atoms with Gasteiger partial charge < -0.3 is 9.47 Å². The van der Waals surface area contributed by atoms with E-state index in [-0.39, 0.29) is 20.5 Å². The minimum Gasteiger partial charge on any atom is -0.497 e. The van der Waals surface area contributed by atoms with Gasteiger partial charge in [0.15, 0.2) is 0 Å². The Hall–Kier alpha value is -2.00. The quantitative estimate of drug-likeness (QED) is 0.721. The van der Waals surface area contributed by atoms with Crippen LogP contribution in [0.25, 0.3) is 0 Å². The predicted octanol–water partition coefficient (Wildman–Crippen LogP) is 2.63. The topological polar surface area (TPSA) is 93.7 Å². The average molecular weight is 405 g/mol. The number of carbonyl (C=O) groups excluding carboxylic acids is 1. The van der Waals surface area contributed by atoms with Gasteiger partial charge in [0.1, 0.15) is 16.4 Å². The van der Waals surface area contributed by atoms with Crippen LogP contribution < -0.4 is 19.7 Å². The smallest absolute Gasteiger partial charge is 0.266 e. The number of ether oxygens (including phenoxy) is 2. The lowest BCUT2D eigenvalue weighted by Crippen LogP contribution is -2.41. The van der Waals surface area contributed by atoms with Crippen molar-refractivity contribution in [3.8, 4) is 11.5 Å². The fourth-order valence-corrected chi connectivity index (χ4v) is 3.47. The normalized spacial score (nSPS) is 11.0. The monoisotopic (exact) mass is 404 g/mol. The molecule has 0 bridgehead atoms. The van der Waals surface area contributed by atoms with Crippen molar-refractivity contribution in [2.75, 3.05) is 14.2 Å². The van der Waals surface area contributed by atoms with Crippen LogP contribution in [0.2, 0.25) is 10.0 Å². The molecule has 0 aromatic heterocycles. The maximum atomic E-state index is 12.3. The van der Waals surface area contributed by atoms with Crippen molar-refractivity contribution in [1.29, 1.82) is 0 Å². The molecular weight excluding hydrogens is 391 g/mol. The highest BCUT2D eigenvalue weighted by atomic mass is 35.5. The first kappa shape index (κ1) is 19.3. The van der Waals surface area contributed by atoms with Crippen LogP contribution in [0.5, 0.6) is 11.5 Å². The Labute approximate surface area is 154 Å². The summed E-state index contributed by atoms with van der Waals surface area (Å²) in [7, 11) is -1.25. The van der Waals surface area contributed by atoms with Gasteiger partial charge in [0.2, 0.25) is 0 Å². The van der Waals surface area contributed by atoms with Crippen LogP contribution in [-0.4, -0.2) is 28.5 Å². The zero-order valence-corrected chi connectivity index (χ0v) is 15.5. The number of carbonyl (C=O) groups is 1. The number of rotatable bonds is 6. The van der Waals surface area contributed by atoms with Crippen molar-refractivity contribution < 1.29 is 22.7 Å². The van der Waals surface area contributed by atoms with E-state index < -0.39 is 15.9 Å². The molecule has 1 amide bonds. The molecule has 0 radical (unpaired) electrons. The molecule has 0 saturated carbocycles. The van der Waals surface area contributed by atoms with Crippen molar-refractivity contribution in [2.24, 2.45) is 0 Å². The van der Waals surface area contributed by atoms with Gasteiger partial charge >= 0.3 is 0 Å². The van der Waals surface area contributed by atoms with E-state index in [9.17, 15) is 13.2 Å². The number of methoxy groups -OCH3 is 2. The van der Waals surface area contributed by atoms with Crippen LogP contribution in [0.4, 0.5) is 0 Å². The summed E-state index contributed by atoms with van der Waals surface area (Å²) in [5.74, 6) is 0.0504. The molecule has 0 aliphatic heterocycles. The van der Waals surface area contributed by atoms with Crippen molar-refractivity contribution in [3.63, 3.8) is 0 Å². The van der Waals surface area contributed by atoms with Crippen molar-refractivity contribution >= 4 is 39.1 Å². The Morgan fingerprint density at radius 1 is 1.04 bits per heavy atom. The number of halogens is 2. The van der Waals surface area contributed by atoms with Gasteiger partial charge in [-0.1, -0.05) is 29.3 Å². The first-order valence-electron chi connectivity index (χ1n) is 6.77. The number of benzene rings is 2. The fourth-order valence-electron chi connectivity index (χ4n) is 1.87. The molecule has 25 heavy (non-hydrogen) atoms. The van der Waals surface area contributed by atoms with Gasteiger partial charge in [0, 0.05) is 11.6 Å². The fraction of sp³-hybridized carbons (Fsp3) is 0.133. The summed E-state index contributed by atoms with van der Waals surface area (Å²) in [5.41, 5.74) is 2.23. The first-order chi connectivity index (χ1) is 11.8. The molecule has 0 aliphatic carbocycles. The van der Waals surface area contributed by atoms with Gasteiger partial charge in [-0.15, -0.1) is 4.83 Å². The third-order valence-electron chi connectivity index (χ3n) is 3.12. The lowest BCUT2D eigenvalue weighted by molar-refractivity contribution is 0.0944. The molecule has 2 N–H and O–H groups in total. The van der Waals surface area contributed by atoms with Gasteiger partial charge in [0.25, 0.3) is 15.9 Å². The van der Waals surface area contributed by atoms with Gasteiger partial charge in [0.05, 0.1) is 24.3 Å². The van der Waals surface area contributed by atoms with Crippen LogP contribution in [0.3, 0.4) is 0 Å². The summed E-state index contributed by atoms with van der Waals surface area (Å²) in [6, 6.07) is 8.57. The molecule has 0 unspecified atom stereocenters. The summed E-state index contributed by atoms with van der Waals surface area (Å²) in [4.78, 5) is 13.9. The number of sulfonamides is 1. The summed E-state index contributed by atoms with van der Waals surface area (Å²) < 4.78 is 34.7. The standard InChI is InChI=1S/C15H14Cl2N2O5S/c1-23-10-6-9(7-11(8-10)24-2)15(20)18-19-25(21,22)13-5-3-4-12(16)14(13)17/h3-8,19H,1-2H3,(H,18,20). The molecule has 2 rings (SSSR count). The molecule has 0 saturated heterocycles. The average Bonchev–Trinajstić information content (AvgIpc) is 2.61. The molecule has 0 spiro atoms. The Balaban J connectivity index is 2.20. The van der Waals surface area contributed by atoms with Crippen molar-refractivity contribution in [1.82, 2.24) is 10.3 Å². The zero-order valence-electron chi connectivity index (χ0n) is 13.2. The van der Waals surface area contributed by atoms with Gasteiger partial charge in [-0.3, -0.25) is 10.2 Å². The van der Waals surface area contributed by atoms with Gasteiger partial charge in [-0.05, 0) is 24.3 Å². The van der Waals surface area contributed by atoms with E-state index in [4.69, 9.17) is 32.7 Å². The van der Waals surface area contributed by atoms with Crippen LogP contribution in [0.1, 0.15) is 10.4 Å². The van der Waals surface area contributed by atoms with Gasteiger partial charge in [-0.25, -0.2) is 8.42 Å². The zero-order chi connectivity index (χ0) is 18.6. The van der Waals surface area contributed by atoms with Crippen LogP contribution in [0, 0.1) is 0 Å². The van der Waals surface area contributed by atoms with Crippen LogP contribution in [0.15, 0.2) is 41.3 Å². The molecule has 0 fully saturated rings. The van der Waals surface area contributed by atoms with Crippen molar-refractivity contribution in [2.45, 2.75) is 4.90 Å². The van der Waals surface area contributed by atoms with Crippen LogP contribution in [-0.2, 0) is 10.0 Å². The van der Waals surface area contributed by atoms with E-state index in [1.165, 1.54) is 44.6 Å². The van der Waals surface area contributed by atoms with E-state index >= 15 is 0 Å². The Morgan fingerprint density at radius 2 is 1.64 bits per heavy atom. The van der Waals surface area contributed by atoms with Crippen molar-refractivity contribution in [3.05, 3.63) is 52.0 Å². The maximum absolute atomic E-state index is 12.3. The summed E-state index contributed by atoms with van der Waals surface area (Å²) in [6.45, 7) is 0. The van der Waals surface area contributed by atoms with E-state index in [1.54, 1.807) is 6.07 Å². The molecule has 0 aliphatic rings. The molecular formula is C15H14Cl2N2O5S. The largest absolute Gasteiger partial charge is 0.497 e. The maximum Gasteiger partial charge on any atom is 0.266 e. The van der Waals surface area contributed by atoms with E-state index in [2.05, 4.69) is 5.43 Å². The first-order valence-corrected chi connectivity index (χ1v) is 9.01. The molecule has 0 atom stereocenters.